The number of ether oxygens (including phenoxy) is 2. The van der Waals surface area contributed by atoms with Crippen molar-refractivity contribution >= 4 is 29.9 Å². The smallest absolute Gasteiger partial charge is 0.191 e. The van der Waals surface area contributed by atoms with Crippen LogP contribution in [0.2, 0.25) is 0 Å². The summed E-state index contributed by atoms with van der Waals surface area (Å²) < 4.78 is 11.3. The maximum absolute atomic E-state index is 5.72. The predicted molar refractivity (Wildman–Crippen MR) is 110 cm³/mol. The van der Waals surface area contributed by atoms with Gasteiger partial charge < -0.3 is 20.1 Å². The minimum Gasteiger partial charge on any atom is -0.494 e. The third-order valence-corrected chi connectivity index (χ3v) is 3.90. The third kappa shape index (κ3) is 8.19. The first-order chi connectivity index (χ1) is 11.3. The van der Waals surface area contributed by atoms with Gasteiger partial charge in [0.1, 0.15) is 5.75 Å². The fourth-order valence-electron chi connectivity index (χ4n) is 2.49. The first kappa shape index (κ1) is 21.0. The van der Waals surface area contributed by atoms with Gasteiger partial charge in [-0.3, -0.25) is 4.99 Å². The average Bonchev–Trinajstić information content (AvgIpc) is 3.08. The summed E-state index contributed by atoms with van der Waals surface area (Å²) in [5.74, 6) is 1.79. The van der Waals surface area contributed by atoms with Crippen LogP contribution in [0.1, 0.15) is 31.2 Å². The first-order valence-electron chi connectivity index (χ1n) is 8.53. The molecule has 1 aliphatic heterocycles. The summed E-state index contributed by atoms with van der Waals surface area (Å²) in [5, 5.41) is 6.64. The van der Waals surface area contributed by atoms with Crippen molar-refractivity contribution in [1.82, 2.24) is 10.6 Å². The number of nitrogens with zero attached hydrogens (tertiary/aromatic N) is 1. The molecule has 1 aliphatic rings. The van der Waals surface area contributed by atoms with E-state index in [0.29, 0.717) is 6.10 Å². The normalized spacial score (nSPS) is 17.2. The van der Waals surface area contributed by atoms with Crippen molar-refractivity contribution in [3.05, 3.63) is 29.8 Å². The molecule has 0 aromatic heterocycles. The second-order valence-electron chi connectivity index (χ2n) is 5.88. The van der Waals surface area contributed by atoms with Gasteiger partial charge in [0.25, 0.3) is 0 Å². The molecule has 1 saturated heterocycles. The minimum atomic E-state index is 0. The van der Waals surface area contributed by atoms with Crippen LogP contribution in [0.3, 0.4) is 0 Å². The van der Waals surface area contributed by atoms with Crippen LogP contribution < -0.4 is 15.4 Å². The molecule has 6 heteroatoms. The number of aryl methyl sites for hydroxylation is 1. The monoisotopic (exact) mass is 447 g/mol. The lowest BCUT2D eigenvalue weighted by Crippen LogP contribution is -2.41. The molecule has 136 valence electrons. The zero-order valence-corrected chi connectivity index (χ0v) is 17.0. The second kappa shape index (κ2) is 12.4. The highest BCUT2D eigenvalue weighted by Gasteiger charge is 2.15. The first-order valence-corrected chi connectivity index (χ1v) is 8.53. The minimum absolute atomic E-state index is 0. The van der Waals surface area contributed by atoms with Crippen molar-refractivity contribution < 1.29 is 9.47 Å². The van der Waals surface area contributed by atoms with Crippen molar-refractivity contribution in [1.29, 1.82) is 0 Å². The van der Waals surface area contributed by atoms with E-state index in [1.165, 1.54) is 12.0 Å². The number of aliphatic imine (C=N–C) groups is 1. The van der Waals surface area contributed by atoms with Crippen molar-refractivity contribution in [2.75, 3.05) is 33.4 Å². The Kier molecular flexibility index (Phi) is 10.8. The van der Waals surface area contributed by atoms with Crippen LogP contribution in [-0.4, -0.2) is 45.4 Å². The molecule has 0 amide bonds. The lowest BCUT2D eigenvalue weighted by molar-refractivity contribution is 0.114. The molecular weight excluding hydrogens is 417 g/mol. The molecule has 5 nitrogen and oxygen atoms in total. The second-order valence-corrected chi connectivity index (χ2v) is 5.88. The maximum atomic E-state index is 5.72. The van der Waals surface area contributed by atoms with Gasteiger partial charge in [0.15, 0.2) is 5.96 Å². The van der Waals surface area contributed by atoms with E-state index < -0.39 is 0 Å². The number of rotatable bonds is 8. The molecule has 0 spiro atoms. The van der Waals surface area contributed by atoms with Gasteiger partial charge in [-0.15, -0.1) is 24.0 Å². The lowest BCUT2D eigenvalue weighted by Gasteiger charge is -2.15. The van der Waals surface area contributed by atoms with Crippen LogP contribution in [0, 0.1) is 6.92 Å². The molecule has 2 N–H and O–H groups in total. The van der Waals surface area contributed by atoms with Crippen LogP contribution in [0.25, 0.3) is 0 Å². The van der Waals surface area contributed by atoms with E-state index in [9.17, 15) is 0 Å². The van der Waals surface area contributed by atoms with E-state index in [-0.39, 0.29) is 24.0 Å². The van der Waals surface area contributed by atoms with Gasteiger partial charge in [0.05, 0.1) is 12.7 Å². The van der Waals surface area contributed by atoms with E-state index in [2.05, 4.69) is 34.7 Å². The molecule has 24 heavy (non-hydrogen) atoms. The summed E-state index contributed by atoms with van der Waals surface area (Å²) >= 11 is 0. The van der Waals surface area contributed by atoms with Crippen LogP contribution in [0.15, 0.2) is 29.3 Å². The van der Waals surface area contributed by atoms with E-state index in [4.69, 9.17) is 9.47 Å². The molecule has 0 aliphatic carbocycles. The molecule has 1 fully saturated rings. The van der Waals surface area contributed by atoms with Gasteiger partial charge in [-0.05, 0) is 44.7 Å². The molecule has 1 atom stereocenters. The highest BCUT2D eigenvalue weighted by Crippen LogP contribution is 2.12. The van der Waals surface area contributed by atoms with Crippen molar-refractivity contribution in [2.24, 2.45) is 4.99 Å². The molecule has 1 aromatic carbocycles. The van der Waals surface area contributed by atoms with Gasteiger partial charge in [-0.25, -0.2) is 0 Å². The summed E-state index contributed by atoms with van der Waals surface area (Å²) in [5.41, 5.74) is 1.25. The van der Waals surface area contributed by atoms with Gasteiger partial charge in [-0.1, -0.05) is 17.7 Å². The third-order valence-electron chi connectivity index (χ3n) is 3.90. The molecule has 0 radical (unpaired) electrons. The van der Waals surface area contributed by atoms with E-state index in [0.717, 1.165) is 57.3 Å². The molecule has 1 heterocycles. The molecule has 1 unspecified atom stereocenters. The fraction of sp³-hybridized carbons (Fsp3) is 0.611. The fourth-order valence-corrected chi connectivity index (χ4v) is 2.49. The summed E-state index contributed by atoms with van der Waals surface area (Å²) in [6.45, 7) is 5.43. The number of halogens is 1. The van der Waals surface area contributed by atoms with Crippen LogP contribution in [0.5, 0.6) is 5.75 Å². The van der Waals surface area contributed by atoms with Crippen LogP contribution >= 0.6 is 24.0 Å². The van der Waals surface area contributed by atoms with Gasteiger partial charge in [0, 0.05) is 26.7 Å². The molecule has 0 saturated carbocycles. The Bertz CT molecular complexity index is 474. The summed E-state index contributed by atoms with van der Waals surface area (Å²) in [6.07, 6.45) is 4.70. The van der Waals surface area contributed by atoms with Gasteiger partial charge >= 0.3 is 0 Å². The van der Waals surface area contributed by atoms with Gasteiger partial charge in [0.2, 0.25) is 0 Å². The lowest BCUT2D eigenvalue weighted by atomic mass is 10.2. The number of unbranched alkanes of at least 4 members (excludes halogenated alkanes) is 1. The van der Waals surface area contributed by atoms with Crippen molar-refractivity contribution in [2.45, 2.75) is 38.7 Å². The summed E-state index contributed by atoms with van der Waals surface area (Å²) in [4.78, 5) is 4.23. The largest absolute Gasteiger partial charge is 0.494 e. The van der Waals surface area contributed by atoms with Crippen LogP contribution in [-0.2, 0) is 4.74 Å². The highest BCUT2D eigenvalue weighted by atomic mass is 127. The van der Waals surface area contributed by atoms with Gasteiger partial charge in [-0.2, -0.15) is 0 Å². The SMILES string of the molecule is CN=C(NCCCCOc1ccc(C)cc1)NCC1CCCO1.I. The average molecular weight is 447 g/mol. The number of hydrogen-bond acceptors (Lipinski definition) is 3. The number of hydrogen-bond donors (Lipinski definition) is 2. The van der Waals surface area contributed by atoms with Crippen molar-refractivity contribution in [3.8, 4) is 5.75 Å². The molecule has 2 rings (SSSR count). The summed E-state index contributed by atoms with van der Waals surface area (Å²) in [7, 11) is 1.80. The topological polar surface area (TPSA) is 54.9 Å². The number of nitrogens with one attached hydrogen (secondary N) is 2. The quantitative estimate of drug-likeness (QED) is 0.278. The molecule has 0 bridgehead atoms. The molecule has 1 aromatic rings. The van der Waals surface area contributed by atoms with Crippen LogP contribution in [0.4, 0.5) is 0 Å². The number of benzene rings is 1. The zero-order chi connectivity index (χ0) is 16.3. The Morgan fingerprint density at radius 1 is 1.25 bits per heavy atom. The Morgan fingerprint density at radius 3 is 2.71 bits per heavy atom. The zero-order valence-electron chi connectivity index (χ0n) is 14.7. The standard InChI is InChI=1S/C18H29N3O2.HI/c1-15-7-9-16(10-8-15)22-12-4-3-11-20-18(19-2)21-14-17-6-5-13-23-17;/h7-10,17H,3-6,11-14H2,1-2H3,(H2,19,20,21);1H. The Labute approximate surface area is 162 Å². The Balaban J connectivity index is 0.00000288. The Hall–Kier alpha value is -1.02. The van der Waals surface area contributed by atoms with Crippen molar-refractivity contribution in [3.63, 3.8) is 0 Å². The number of guanidine groups is 1. The van der Waals surface area contributed by atoms with E-state index in [1.807, 2.05) is 12.1 Å². The predicted octanol–water partition coefficient (Wildman–Crippen LogP) is 3.12. The highest BCUT2D eigenvalue weighted by molar-refractivity contribution is 14.0. The maximum Gasteiger partial charge on any atom is 0.191 e. The molecular formula is C18H30IN3O2. The summed E-state index contributed by atoms with van der Waals surface area (Å²) in [6, 6.07) is 8.18. The Morgan fingerprint density at radius 2 is 2.04 bits per heavy atom. The van der Waals surface area contributed by atoms with E-state index >= 15 is 0 Å². The van der Waals surface area contributed by atoms with E-state index in [1.54, 1.807) is 7.05 Å².